The lowest BCUT2D eigenvalue weighted by molar-refractivity contribution is 0.0696. The first-order valence-corrected chi connectivity index (χ1v) is 5.49. The fourth-order valence-corrected chi connectivity index (χ4v) is 1.58. The molecule has 2 aromatic rings. The van der Waals surface area contributed by atoms with Crippen molar-refractivity contribution in [1.29, 1.82) is 0 Å². The summed E-state index contributed by atoms with van der Waals surface area (Å²) in [6.45, 7) is 0. The van der Waals surface area contributed by atoms with Crippen LogP contribution in [-0.4, -0.2) is 21.0 Å². The van der Waals surface area contributed by atoms with Gasteiger partial charge in [0.05, 0.1) is 16.8 Å². The number of aromatic carboxylic acids is 1. The van der Waals surface area contributed by atoms with Crippen molar-refractivity contribution in [2.75, 3.05) is 0 Å². The van der Waals surface area contributed by atoms with E-state index in [9.17, 15) is 4.79 Å². The Labute approximate surface area is 112 Å². The molecule has 0 unspecified atom stereocenters. The monoisotopic (exact) mass is 284 g/mol. The highest BCUT2D eigenvalue weighted by molar-refractivity contribution is 6.30. The van der Waals surface area contributed by atoms with Crippen LogP contribution in [-0.2, 0) is 0 Å². The van der Waals surface area contributed by atoms with E-state index in [0.717, 1.165) is 0 Å². The number of carboxylic acid groups (broad SMARTS) is 1. The summed E-state index contributed by atoms with van der Waals surface area (Å²) in [7, 11) is 0. The van der Waals surface area contributed by atoms with E-state index in [2.05, 4.69) is 9.97 Å². The third-order valence-corrected chi connectivity index (χ3v) is 2.32. The maximum Gasteiger partial charge on any atom is 0.335 e. The van der Waals surface area contributed by atoms with Crippen LogP contribution in [0.25, 0.3) is 0 Å². The molecule has 0 aromatic carbocycles. The van der Waals surface area contributed by atoms with E-state index in [0.29, 0.717) is 10.8 Å². The third-order valence-electron chi connectivity index (χ3n) is 1.92. The first-order valence-electron chi connectivity index (χ1n) is 4.74. The van der Waals surface area contributed by atoms with Crippen molar-refractivity contribution in [3.05, 3.63) is 46.3 Å². The number of nitrogens with zero attached hydrogens (tertiary/aromatic N) is 2. The smallest absolute Gasteiger partial charge is 0.335 e. The Bertz CT molecular complexity index is 605. The molecule has 0 saturated heterocycles. The second kappa shape index (κ2) is 5.20. The molecule has 0 amide bonds. The summed E-state index contributed by atoms with van der Waals surface area (Å²) in [6.07, 6.45) is 2.87. The third kappa shape index (κ3) is 3.09. The molecule has 0 radical (unpaired) electrons. The Morgan fingerprint density at radius 1 is 1.22 bits per heavy atom. The molecule has 2 aromatic heterocycles. The maximum atomic E-state index is 10.8. The van der Waals surface area contributed by atoms with Crippen molar-refractivity contribution >= 4 is 29.2 Å². The molecule has 0 aliphatic rings. The number of hydrogen-bond donors (Lipinski definition) is 1. The standard InChI is InChI=1S/C11H6Cl2N2O3/c12-7-3-8(5-14-4-7)18-10-2-6(11(16)17)1-9(13)15-10/h1-5H,(H,16,17). The molecule has 0 fully saturated rings. The van der Waals surface area contributed by atoms with Gasteiger partial charge < -0.3 is 9.84 Å². The van der Waals surface area contributed by atoms with Crippen molar-refractivity contribution in [1.82, 2.24) is 9.97 Å². The van der Waals surface area contributed by atoms with Gasteiger partial charge >= 0.3 is 5.97 Å². The van der Waals surface area contributed by atoms with Gasteiger partial charge in [-0.05, 0) is 6.07 Å². The average molecular weight is 285 g/mol. The molecule has 5 nitrogen and oxygen atoms in total. The fourth-order valence-electron chi connectivity index (χ4n) is 1.22. The minimum atomic E-state index is -1.12. The predicted octanol–water partition coefficient (Wildman–Crippen LogP) is 3.27. The zero-order valence-corrected chi connectivity index (χ0v) is 10.3. The summed E-state index contributed by atoms with van der Waals surface area (Å²) in [5.74, 6) is -0.717. The normalized spacial score (nSPS) is 10.1. The second-order valence-corrected chi connectivity index (χ2v) is 4.09. The molecule has 7 heteroatoms. The van der Waals surface area contributed by atoms with Gasteiger partial charge in [0, 0.05) is 18.3 Å². The summed E-state index contributed by atoms with van der Waals surface area (Å²) in [4.78, 5) is 18.5. The highest BCUT2D eigenvalue weighted by Crippen LogP contribution is 2.24. The van der Waals surface area contributed by atoms with E-state index >= 15 is 0 Å². The largest absolute Gasteiger partial charge is 0.478 e. The van der Waals surface area contributed by atoms with Gasteiger partial charge in [0.15, 0.2) is 0 Å². The Kier molecular flexibility index (Phi) is 3.64. The number of hydrogen-bond acceptors (Lipinski definition) is 4. The number of aromatic nitrogens is 2. The van der Waals surface area contributed by atoms with Crippen molar-refractivity contribution in [2.45, 2.75) is 0 Å². The maximum absolute atomic E-state index is 10.8. The van der Waals surface area contributed by atoms with Crippen molar-refractivity contribution in [2.24, 2.45) is 0 Å². The highest BCUT2D eigenvalue weighted by Gasteiger charge is 2.09. The number of carbonyl (C=O) groups is 1. The molecule has 0 bridgehead atoms. The number of pyridine rings is 2. The summed E-state index contributed by atoms with van der Waals surface area (Å²) >= 11 is 11.4. The van der Waals surface area contributed by atoms with E-state index in [1.807, 2.05) is 0 Å². The van der Waals surface area contributed by atoms with Gasteiger partial charge in [0.2, 0.25) is 5.88 Å². The fraction of sp³-hybridized carbons (Fsp3) is 0. The van der Waals surface area contributed by atoms with E-state index in [1.54, 1.807) is 0 Å². The Hall–Kier alpha value is -1.85. The van der Waals surface area contributed by atoms with Crippen LogP contribution in [0.5, 0.6) is 11.6 Å². The molecule has 92 valence electrons. The molecule has 1 N–H and O–H groups in total. The summed E-state index contributed by atoms with van der Waals surface area (Å²) < 4.78 is 5.32. The minimum absolute atomic E-state index is 0.0139. The quantitative estimate of drug-likeness (QED) is 0.876. The molecule has 0 spiro atoms. The number of halogens is 2. The molecule has 0 atom stereocenters. The molecule has 0 aliphatic heterocycles. The van der Waals surface area contributed by atoms with E-state index in [-0.39, 0.29) is 16.6 Å². The van der Waals surface area contributed by atoms with E-state index < -0.39 is 5.97 Å². The molecule has 18 heavy (non-hydrogen) atoms. The van der Waals surface area contributed by atoms with Gasteiger partial charge in [0.1, 0.15) is 10.9 Å². The summed E-state index contributed by atoms with van der Waals surface area (Å²) in [5.41, 5.74) is -0.0139. The Morgan fingerprint density at radius 3 is 2.67 bits per heavy atom. The van der Waals surface area contributed by atoms with Gasteiger partial charge in [-0.3, -0.25) is 4.98 Å². The second-order valence-electron chi connectivity index (χ2n) is 3.26. The lowest BCUT2D eigenvalue weighted by Gasteiger charge is -2.05. The molecule has 2 rings (SSSR count). The molecule has 0 aliphatic carbocycles. The van der Waals surface area contributed by atoms with Gasteiger partial charge in [-0.25, -0.2) is 9.78 Å². The molecule has 2 heterocycles. The zero-order chi connectivity index (χ0) is 13.1. The SMILES string of the molecule is O=C(O)c1cc(Cl)nc(Oc2cncc(Cl)c2)c1. The van der Waals surface area contributed by atoms with Crippen LogP contribution < -0.4 is 4.74 Å². The lowest BCUT2D eigenvalue weighted by atomic mass is 10.3. The van der Waals surface area contributed by atoms with E-state index in [4.69, 9.17) is 33.0 Å². The van der Waals surface area contributed by atoms with E-state index in [1.165, 1.54) is 30.6 Å². The first-order chi connectivity index (χ1) is 8.54. The van der Waals surface area contributed by atoms with Crippen molar-refractivity contribution in [3.8, 4) is 11.6 Å². The van der Waals surface area contributed by atoms with Crippen LogP contribution in [0.4, 0.5) is 0 Å². The lowest BCUT2D eigenvalue weighted by Crippen LogP contribution is -1.98. The molecular formula is C11H6Cl2N2O3. The van der Waals surface area contributed by atoms with Gasteiger partial charge in [-0.2, -0.15) is 0 Å². The Balaban J connectivity index is 2.31. The van der Waals surface area contributed by atoms with Crippen molar-refractivity contribution in [3.63, 3.8) is 0 Å². The van der Waals surface area contributed by atoms with Crippen molar-refractivity contribution < 1.29 is 14.6 Å². The van der Waals surface area contributed by atoms with Gasteiger partial charge in [-0.15, -0.1) is 0 Å². The molecule has 0 saturated carbocycles. The highest BCUT2D eigenvalue weighted by atomic mass is 35.5. The summed E-state index contributed by atoms with van der Waals surface area (Å²) in [6, 6.07) is 4.01. The van der Waals surface area contributed by atoms with Crippen LogP contribution in [0.2, 0.25) is 10.2 Å². The van der Waals surface area contributed by atoms with Crippen LogP contribution in [0.3, 0.4) is 0 Å². The number of rotatable bonds is 3. The average Bonchev–Trinajstić information content (AvgIpc) is 2.28. The van der Waals surface area contributed by atoms with Crippen LogP contribution in [0.15, 0.2) is 30.6 Å². The van der Waals surface area contributed by atoms with Crippen LogP contribution >= 0.6 is 23.2 Å². The topological polar surface area (TPSA) is 72.3 Å². The first kappa shape index (κ1) is 12.6. The van der Waals surface area contributed by atoms with Gasteiger partial charge in [-0.1, -0.05) is 23.2 Å². The zero-order valence-electron chi connectivity index (χ0n) is 8.80. The molecular weight excluding hydrogens is 279 g/mol. The predicted molar refractivity (Wildman–Crippen MR) is 65.5 cm³/mol. The van der Waals surface area contributed by atoms with Crippen LogP contribution in [0.1, 0.15) is 10.4 Å². The van der Waals surface area contributed by atoms with Gasteiger partial charge in [0.25, 0.3) is 0 Å². The Morgan fingerprint density at radius 2 is 2.00 bits per heavy atom. The number of carboxylic acids is 1. The summed E-state index contributed by atoms with van der Waals surface area (Å²) in [5, 5.41) is 9.29. The number of ether oxygens (including phenoxy) is 1. The minimum Gasteiger partial charge on any atom is -0.478 e. The van der Waals surface area contributed by atoms with Crippen LogP contribution in [0, 0.1) is 0 Å².